The summed E-state index contributed by atoms with van der Waals surface area (Å²) in [6.07, 6.45) is 0. The first-order valence-electron chi connectivity index (χ1n) is 7.20. The van der Waals surface area contributed by atoms with Gasteiger partial charge in [0.2, 0.25) is 0 Å². The third kappa shape index (κ3) is 4.05. The first-order valence-corrected chi connectivity index (χ1v) is 7.58. The maximum atomic E-state index is 13.4. The summed E-state index contributed by atoms with van der Waals surface area (Å²) in [4.78, 5) is 8.57. The zero-order chi connectivity index (χ0) is 16.2. The molecule has 3 rings (SSSR count). The lowest BCUT2D eigenvalue weighted by atomic mass is 10.1. The summed E-state index contributed by atoms with van der Waals surface area (Å²) in [5, 5.41) is 3.54. The number of hydrogen-bond acceptors (Lipinski definition) is 3. The Morgan fingerprint density at radius 1 is 1.04 bits per heavy atom. The van der Waals surface area contributed by atoms with Crippen molar-refractivity contribution in [2.45, 2.75) is 13.5 Å². The Balaban J connectivity index is 1.83. The number of nitrogens with one attached hydrogen (secondary N) is 1. The molecule has 0 atom stereocenters. The fourth-order valence-electron chi connectivity index (χ4n) is 2.28. The van der Waals surface area contributed by atoms with Crippen molar-refractivity contribution < 1.29 is 4.39 Å². The number of rotatable bonds is 4. The molecule has 0 fully saturated rings. The molecule has 1 aromatic heterocycles. The van der Waals surface area contributed by atoms with Crippen LogP contribution in [0.4, 0.5) is 10.2 Å². The van der Waals surface area contributed by atoms with Gasteiger partial charge in [0, 0.05) is 18.2 Å². The van der Waals surface area contributed by atoms with Gasteiger partial charge in [-0.2, -0.15) is 0 Å². The summed E-state index contributed by atoms with van der Waals surface area (Å²) in [6, 6.07) is 16.0. The Labute approximate surface area is 139 Å². The standard InChI is InChI=1S/C18H15ClFN3/c1-12-4-2-5-13(8-12)11-21-17-10-16(19)22-18(23-17)14-6-3-7-15(20)9-14/h2-10H,11H2,1H3,(H,21,22,23). The van der Waals surface area contributed by atoms with E-state index in [1.165, 1.54) is 17.7 Å². The maximum absolute atomic E-state index is 13.4. The van der Waals surface area contributed by atoms with Crippen molar-refractivity contribution in [3.8, 4) is 11.4 Å². The van der Waals surface area contributed by atoms with Gasteiger partial charge in [-0.25, -0.2) is 14.4 Å². The van der Waals surface area contributed by atoms with Crippen LogP contribution >= 0.6 is 11.6 Å². The van der Waals surface area contributed by atoms with Gasteiger partial charge in [-0.3, -0.25) is 0 Å². The Hall–Kier alpha value is -2.46. The highest BCUT2D eigenvalue weighted by Crippen LogP contribution is 2.21. The SMILES string of the molecule is Cc1cccc(CNc2cc(Cl)nc(-c3cccc(F)c3)n2)c1. The largest absolute Gasteiger partial charge is 0.366 e. The van der Waals surface area contributed by atoms with E-state index in [0.717, 1.165) is 5.56 Å². The van der Waals surface area contributed by atoms with Crippen molar-refractivity contribution in [1.82, 2.24) is 9.97 Å². The van der Waals surface area contributed by atoms with E-state index >= 15 is 0 Å². The molecule has 0 aliphatic heterocycles. The molecule has 0 bridgehead atoms. The molecular weight excluding hydrogens is 313 g/mol. The summed E-state index contributed by atoms with van der Waals surface area (Å²) in [7, 11) is 0. The van der Waals surface area contributed by atoms with Crippen LogP contribution in [-0.4, -0.2) is 9.97 Å². The molecule has 0 radical (unpaired) electrons. The number of nitrogens with zero attached hydrogens (tertiary/aromatic N) is 2. The number of aryl methyl sites for hydroxylation is 1. The average molecular weight is 328 g/mol. The third-order valence-electron chi connectivity index (χ3n) is 3.33. The summed E-state index contributed by atoms with van der Waals surface area (Å²) in [5.74, 6) is 0.662. The Kier molecular flexibility index (Phi) is 4.53. The highest BCUT2D eigenvalue weighted by molar-refractivity contribution is 6.29. The Morgan fingerprint density at radius 2 is 1.87 bits per heavy atom. The van der Waals surface area contributed by atoms with Gasteiger partial charge in [0.05, 0.1) is 0 Å². The van der Waals surface area contributed by atoms with E-state index in [2.05, 4.69) is 21.4 Å². The predicted molar refractivity (Wildman–Crippen MR) is 90.9 cm³/mol. The van der Waals surface area contributed by atoms with Gasteiger partial charge in [-0.05, 0) is 24.6 Å². The molecule has 2 aromatic carbocycles. The van der Waals surface area contributed by atoms with Crippen LogP contribution in [0.15, 0.2) is 54.6 Å². The van der Waals surface area contributed by atoms with E-state index in [4.69, 9.17) is 11.6 Å². The molecular formula is C18H15ClFN3. The van der Waals surface area contributed by atoms with Gasteiger partial charge >= 0.3 is 0 Å². The number of benzene rings is 2. The van der Waals surface area contributed by atoms with Crippen molar-refractivity contribution in [3.63, 3.8) is 0 Å². The molecule has 0 saturated heterocycles. The van der Waals surface area contributed by atoms with E-state index in [-0.39, 0.29) is 5.82 Å². The van der Waals surface area contributed by atoms with Crippen molar-refractivity contribution in [2.24, 2.45) is 0 Å². The molecule has 0 aliphatic rings. The second kappa shape index (κ2) is 6.75. The number of aromatic nitrogens is 2. The molecule has 3 aromatic rings. The van der Waals surface area contributed by atoms with Gasteiger partial charge < -0.3 is 5.32 Å². The van der Waals surface area contributed by atoms with Crippen molar-refractivity contribution in [2.75, 3.05) is 5.32 Å². The summed E-state index contributed by atoms with van der Waals surface area (Å²) >= 11 is 6.06. The van der Waals surface area contributed by atoms with Crippen molar-refractivity contribution >= 4 is 17.4 Å². The van der Waals surface area contributed by atoms with Gasteiger partial charge in [0.1, 0.15) is 16.8 Å². The lowest BCUT2D eigenvalue weighted by Gasteiger charge is -2.09. The maximum Gasteiger partial charge on any atom is 0.163 e. The number of hydrogen-bond donors (Lipinski definition) is 1. The molecule has 0 amide bonds. The zero-order valence-electron chi connectivity index (χ0n) is 12.6. The summed E-state index contributed by atoms with van der Waals surface area (Å²) in [5.41, 5.74) is 2.93. The first-order chi connectivity index (χ1) is 11.1. The Morgan fingerprint density at radius 3 is 2.65 bits per heavy atom. The van der Waals surface area contributed by atoms with E-state index < -0.39 is 0 Å². The van der Waals surface area contributed by atoms with Crippen LogP contribution in [0.2, 0.25) is 5.15 Å². The predicted octanol–water partition coefficient (Wildman–Crippen LogP) is 4.86. The number of halogens is 2. The van der Waals surface area contributed by atoms with Crippen LogP contribution in [0.25, 0.3) is 11.4 Å². The van der Waals surface area contributed by atoms with Crippen LogP contribution in [0.3, 0.4) is 0 Å². The van der Waals surface area contributed by atoms with Gasteiger partial charge in [-0.15, -0.1) is 0 Å². The average Bonchev–Trinajstić information content (AvgIpc) is 2.52. The lowest BCUT2D eigenvalue weighted by Crippen LogP contribution is -2.03. The molecule has 0 unspecified atom stereocenters. The zero-order valence-corrected chi connectivity index (χ0v) is 13.3. The highest BCUT2D eigenvalue weighted by Gasteiger charge is 2.07. The molecule has 1 N–H and O–H groups in total. The molecule has 23 heavy (non-hydrogen) atoms. The summed E-state index contributed by atoms with van der Waals surface area (Å²) in [6.45, 7) is 2.67. The molecule has 5 heteroatoms. The summed E-state index contributed by atoms with van der Waals surface area (Å²) < 4.78 is 13.4. The molecule has 1 heterocycles. The minimum atomic E-state index is -0.333. The van der Waals surface area contributed by atoms with Crippen LogP contribution in [0.5, 0.6) is 0 Å². The van der Waals surface area contributed by atoms with Crippen LogP contribution in [0.1, 0.15) is 11.1 Å². The second-order valence-corrected chi connectivity index (χ2v) is 5.64. The quantitative estimate of drug-likeness (QED) is 0.696. The minimum absolute atomic E-state index is 0.311. The van der Waals surface area contributed by atoms with Crippen LogP contribution < -0.4 is 5.32 Å². The number of anilines is 1. The monoisotopic (exact) mass is 327 g/mol. The van der Waals surface area contributed by atoms with Crippen LogP contribution in [-0.2, 0) is 6.54 Å². The van der Waals surface area contributed by atoms with E-state index in [9.17, 15) is 4.39 Å². The molecule has 0 aliphatic carbocycles. The first kappa shape index (κ1) is 15.4. The smallest absolute Gasteiger partial charge is 0.163 e. The fourth-order valence-corrected chi connectivity index (χ4v) is 2.46. The van der Waals surface area contributed by atoms with Gasteiger partial charge in [-0.1, -0.05) is 53.6 Å². The van der Waals surface area contributed by atoms with Gasteiger partial charge in [0.25, 0.3) is 0 Å². The van der Waals surface area contributed by atoms with E-state index in [1.54, 1.807) is 18.2 Å². The molecule has 3 nitrogen and oxygen atoms in total. The normalized spacial score (nSPS) is 10.6. The molecule has 116 valence electrons. The molecule has 0 spiro atoms. The second-order valence-electron chi connectivity index (χ2n) is 5.25. The Bertz CT molecular complexity index is 836. The minimum Gasteiger partial charge on any atom is -0.366 e. The van der Waals surface area contributed by atoms with E-state index in [0.29, 0.717) is 28.9 Å². The van der Waals surface area contributed by atoms with Crippen molar-refractivity contribution in [3.05, 3.63) is 76.7 Å². The van der Waals surface area contributed by atoms with Crippen molar-refractivity contribution in [1.29, 1.82) is 0 Å². The molecule has 0 saturated carbocycles. The fraction of sp³-hybridized carbons (Fsp3) is 0.111. The lowest BCUT2D eigenvalue weighted by molar-refractivity contribution is 0.628. The van der Waals surface area contributed by atoms with Crippen LogP contribution in [0, 0.1) is 12.7 Å². The topological polar surface area (TPSA) is 37.8 Å². The third-order valence-corrected chi connectivity index (χ3v) is 3.53. The van der Waals surface area contributed by atoms with E-state index in [1.807, 2.05) is 25.1 Å². The highest BCUT2D eigenvalue weighted by atomic mass is 35.5. The van der Waals surface area contributed by atoms with Gasteiger partial charge in [0.15, 0.2) is 5.82 Å².